The Kier molecular flexibility index (Phi) is 8.67. The molecule has 2 aromatic rings. The number of carbonyl (C=O) groups excluding carboxylic acids is 1. The highest BCUT2D eigenvalue weighted by molar-refractivity contribution is 7.99. The van der Waals surface area contributed by atoms with E-state index in [0.29, 0.717) is 5.56 Å². The van der Waals surface area contributed by atoms with Gasteiger partial charge in [-0.15, -0.1) is 11.8 Å². The summed E-state index contributed by atoms with van der Waals surface area (Å²) in [7, 11) is 0. The van der Waals surface area contributed by atoms with Crippen molar-refractivity contribution in [1.29, 1.82) is 0 Å². The van der Waals surface area contributed by atoms with Gasteiger partial charge in [0.25, 0.3) is 11.6 Å². The van der Waals surface area contributed by atoms with Gasteiger partial charge in [0.2, 0.25) is 0 Å². The van der Waals surface area contributed by atoms with E-state index in [-0.39, 0.29) is 16.8 Å². The molecular weight excluding hydrogens is 388 g/mol. The van der Waals surface area contributed by atoms with Crippen molar-refractivity contribution in [1.82, 2.24) is 5.43 Å². The topological polar surface area (TPSA) is 87.8 Å². The molecule has 0 spiro atoms. The second-order valence-electron chi connectivity index (χ2n) is 6.35. The molecule has 0 fully saturated rings. The Morgan fingerprint density at radius 2 is 1.93 bits per heavy atom. The second-order valence-corrected chi connectivity index (χ2v) is 7.67. The van der Waals surface area contributed by atoms with E-state index < -0.39 is 4.92 Å². The Bertz CT molecular complexity index is 854. The molecule has 29 heavy (non-hydrogen) atoms. The lowest BCUT2D eigenvalue weighted by atomic mass is 10.1. The first-order valence-electron chi connectivity index (χ1n) is 9.48. The molecule has 0 aliphatic rings. The largest absolute Gasteiger partial charge is 0.372 e. The van der Waals surface area contributed by atoms with E-state index >= 15 is 0 Å². The van der Waals surface area contributed by atoms with Crippen LogP contribution in [0, 0.1) is 10.1 Å². The summed E-state index contributed by atoms with van der Waals surface area (Å²) in [6.07, 6.45) is 1.47. The van der Waals surface area contributed by atoms with Crippen LogP contribution in [-0.2, 0) is 10.5 Å². The molecule has 1 atom stereocenters. The van der Waals surface area contributed by atoms with Crippen molar-refractivity contribution in [3.8, 4) is 0 Å². The maximum Gasteiger partial charge on any atom is 0.270 e. The molecule has 0 bridgehead atoms. The molecule has 0 unspecified atom stereocenters. The van der Waals surface area contributed by atoms with Crippen molar-refractivity contribution in [2.75, 3.05) is 18.0 Å². The molecule has 2 aromatic carbocycles. The van der Waals surface area contributed by atoms with Crippen LogP contribution in [0.4, 0.5) is 11.4 Å². The zero-order chi connectivity index (χ0) is 21.2. The van der Waals surface area contributed by atoms with E-state index in [1.807, 2.05) is 51.1 Å². The molecule has 0 heterocycles. The van der Waals surface area contributed by atoms with Crippen LogP contribution in [-0.4, -0.2) is 35.4 Å². The van der Waals surface area contributed by atoms with E-state index in [0.717, 1.165) is 30.1 Å². The molecule has 0 aliphatic heterocycles. The van der Waals surface area contributed by atoms with Gasteiger partial charge in [-0.2, -0.15) is 5.10 Å². The summed E-state index contributed by atoms with van der Waals surface area (Å²) in [5.74, 6) is 0.521. The number of rotatable bonds is 10. The number of benzene rings is 2. The third kappa shape index (κ3) is 6.60. The standard InChI is InChI=1S/C21H26N4O3S/c1-4-24(5-2)20-12-11-19(25(27)28)13-18(20)14-22-23-21(26)16(3)29-15-17-9-7-6-8-10-17/h6-14,16H,4-5,15H2,1-3H3,(H,23,26)/b22-14-/t16-/m0/s1. The summed E-state index contributed by atoms with van der Waals surface area (Å²) in [5, 5.41) is 14.9. The Hall–Kier alpha value is -2.87. The number of hydrogen-bond donors (Lipinski definition) is 1. The lowest BCUT2D eigenvalue weighted by molar-refractivity contribution is -0.384. The van der Waals surface area contributed by atoms with Crippen LogP contribution >= 0.6 is 11.8 Å². The minimum absolute atomic E-state index is 0.0135. The minimum atomic E-state index is -0.440. The van der Waals surface area contributed by atoms with Crippen molar-refractivity contribution in [2.24, 2.45) is 5.10 Å². The smallest absolute Gasteiger partial charge is 0.270 e. The predicted molar refractivity (Wildman–Crippen MR) is 120 cm³/mol. The maximum absolute atomic E-state index is 12.3. The summed E-state index contributed by atoms with van der Waals surface area (Å²) in [5.41, 5.74) is 5.11. The number of carbonyl (C=O) groups is 1. The van der Waals surface area contributed by atoms with E-state index in [2.05, 4.69) is 15.4 Å². The normalized spacial score (nSPS) is 12.0. The number of amides is 1. The molecule has 0 radical (unpaired) electrons. The fraction of sp³-hybridized carbons (Fsp3) is 0.333. The van der Waals surface area contributed by atoms with Gasteiger partial charge < -0.3 is 4.90 Å². The number of nitrogens with zero attached hydrogens (tertiary/aromatic N) is 3. The van der Waals surface area contributed by atoms with Crippen LogP contribution < -0.4 is 10.3 Å². The molecular formula is C21H26N4O3S. The fourth-order valence-electron chi connectivity index (χ4n) is 2.74. The van der Waals surface area contributed by atoms with Gasteiger partial charge in [0.15, 0.2) is 0 Å². The Morgan fingerprint density at radius 3 is 2.55 bits per heavy atom. The van der Waals surface area contributed by atoms with Gasteiger partial charge in [-0.25, -0.2) is 5.43 Å². The molecule has 1 amide bonds. The van der Waals surface area contributed by atoms with Crippen LogP contribution in [0.25, 0.3) is 0 Å². The first-order chi connectivity index (χ1) is 14.0. The minimum Gasteiger partial charge on any atom is -0.372 e. The second kappa shape index (κ2) is 11.2. The number of non-ortho nitro benzene ring substituents is 1. The molecule has 0 saturated heterocycles. The number of anilines is 1. The summed E-state index contributed by atoms with van der Waals surface area (Å²) >= 11 is 1.52. The molecule has 0 aromatic heterocycles. The van der Waals surface area contributed by atoms with Gasteiger partial charge in [-0.3, -0.25) is 14.9 Å². The predicted octanol–water partition coefficient (Wildman–Crippen LogP) is 4.21. The van der Waals surface area contributed by atoms with Crippen molar-refractivity contribution in [3.63, 3.8) is 0 Å². The number of nitro groups is 1. The number of thioether (sulfide) groups is 1. The lowest BCUT2D eigenvalue weighted by Crippen LogP contribution is -2.27. The third-order valence-corrected chi connectivity index (χ3v) is 5.63. The van der Waals surface area contributed by atoms with Gasteiger partial charge in [-0.05, 0) is 32.4 Å². The molecule has 7 nitrogen and oxygen atoms in total. The Labute approximate surface area is 175 Å². The Balaban J connectivity index is 2.04. The molecule has 154 valence electrons. The van der Waals surface area contributed by atoms with Gasteiger partial charge in [0.1, 0.15) is 0 Å². The average Bonchev–Trinajstić information content (AvgIpc) is 2.74. The third-order valence-electron chi connectivity index (χ3n) is 4.42. The SMILES string of the molecule is CCN(CC)c1ccc([N+](=O)[O-])cc1/C=N\NC(=O)[C@H](C)SCc1ccccc1. The summed E-state index contributed by atoms with van der Waals surface area (Å²) in [6, 6.07) is 14.6. The quantitative estimate of drug-likeness (QED) is 0.357. The van der Waals surface area contributed by atoms with E-state index in [4.69, 9.17) is 0 Å². The van der Waals surface area contributed by atoms with Gasteiger partial charge >= 0.3 is 0 Å². The Morgan fingerprint density at radius 1 is 1.24 bits per heavy atom. The van der Waals surface area contributed by atoms with Crippen molar-refractivity contribution in [2.45, 2.75) is 31.8 Å². The number of hydrogen-bond acceptors (Lipinski definition) is 6. The zero-order valence-electron chi connectivity index (χ0n) is 16.9. The highest BCUT2D eigenvalue weighted by Gasteiger charge is 2.15. The van der Waals surface area contributed by atoms with Gasteiger partial charge in [-0.1, -0.05) is 30.3 Å². The van der Waals surface area contributed by atoms with Crippen molar-refractivity contribution in [3.05, 3.63) is 69.8 Å². The van der Waals surface area contributed by atoms with E-state index in [9.17, 15) is 14.9 Å². The molecule has 2 rings (SSSR count). The van der Waals surface area contributed by atoms with Crippen LogP contribution in [0.1, 0.15) is 31.9 Å². The van der Waals surface area contributed by atoms with Crippen LogP contribution in [0.5, 0.6) is 0 Å². The number of nitrogens with one attached hydrogen (secondary N) is 1. The molecule has 0 saturated carbocycles. The molecule has 1 N–H and O–H groups in total. The number of nitro benzene ring substituents is 1. The van der Waals surface area contributed by atoms with Gasteiger partial charge in [0, 0.05) is 42.2 Å². The monoisotopic (exact) mass is 414 g/mol. The zero-order valence-corrected chi connectivity index (χ0v) is 17.7. The maximum atomic E-state index is 12.3. The lowest BCUT2D eigenvalue weighted by Gasteiger charge is -2.22. The van der Waals surface area contributed by atoms with Crippen LogP contribution in [0.15, 0.2) is 53.6 Å². The summed E-state index contributed by atoms with van der Waals surface area (Å²) < 4.78 is 0. The molecule has 8 heteroatoms. The first-order valence-corrected chi connectivity index (χ1v) is 10.5. The van der Waals surface area contributed by atoms with Gasteiger partial charge in [0.05, 0.1) is 16.4 Å². The van der Waals surface area contributed by atoms with E-state index in [1.165, 1.54) is 30.1 Å². The number of hydrazone groups is 1. The highest BCUT2D eigenvalue weighted by atomic mass is 32.2. The summed E-state index contributed by atoms with van der Waals surface area (Å²) in [6.45, 7) is 7.37. The fourth-order valence-corrected chi connectivity index (χ4v) is 3.58. The molecule has 0 aliphatic carbocycles. The average molecular weight is 415 g/mol. The van der Waals surface area contributed by atoms with E-state index in [1.54, 1.807) is 6.07 Å². The van der Waals surface area contributed by atoms with Crippen molar-refractivity contribution < 1.29 is 9.72 Å². The van der Waals surface area contributed by atoms with Crippen LogP contribution in [0.3, 0.4) is 0 Å². The highest BCUT2D eigenvalue weighted by Crippen LogP contribution is 2.24. The van der Waals surface area contributed by atoms with Crippen LogP contribution in [0.2, 0.25) is 0 Å². The summed E-state index contributed by atoms with van der Waals surface area (Å²) in [4.78, 5) is 25.0. The first kappa shape index (κ1) is 22.4. The van der Waals surface area contributed by atoms with Crippen molar-refractivity contribution >= 4 is 35.3 Å².